The van der Waals surface area contributed by atoms with Crippen LogP contribution < -0.4 is 24.8 Å². The lowest BCUT2D eigenvalue weighted by atomic mass is 10.00. The molecule has 6 heteroatoms. The van der Waals surface area contributed by atoms with E-state index < -0.39 is 0 Å². The molecule has 1 aliphatic rings. The van der Waals surface area contributed by atoms with Gasteiger partial charge in [0.1, 0.15) is 0 Å². The molecule has 0 spiro atoms. The van der Waals surface area contributed by atoms with Crippen LogP contribution in [0.4, 0.5) is 0 Å². The largest absolute Gasteiger partial charge is 0.490 e. The molecule has 140 valence electrons. The number of piperidine rings is 1. The van der Waals surface area contributed by atoms with Crippen LogP contribution in [0.3, 0.4) is 0 Å². The van der Waals surface area contributed by atoms with E-state index in [1.165, 1.54) is 0 Å². The van der Waals surface area contributed by atoms with Crippen LogP contribution in [-0.2, 0) is 0 Å². The van der Waals surface area contributed by atoms with Gasteiger partial charge in [-0.15, -0.1) is 0 Å². The Labute approximate surface area is 150 Å². The molecule has 1 fully saturated rings. The first-order valence-electron chi connectivity index (χ1n) is 9.19. The highest BCUT2D eigenvalue weighted by Gasteiger charge is 2.23. The smallest absolute Gasteiger partial charge is 0.251 e. The molecule has 2 unspecified atom stereocenters. The first-order valence-corrected chi connectivity index (χ1v) is 9.19. The fourth-order valence-corrected chi connectivity index (χ4v) is 3.05. The molecule has 1 heterocycles. The Bertz CT molecular complexity index is 550. The zero-order valence-electron chi connectivity index (χ0n) is 15.7. The van der Waals surface area contributed by atoms with Crippen LogP contribution in [0.5, 0.6) is 17.2 Å². The fraction of sp³-hybridized carbons (Fsp3) is 0.632. The average Bonchev–Trinajstić information content (AvgIpc) is 2.58. The van der Waals surface area contributed by atoms with Crippen molar-refractivity contribution in [2.75, 3.05) is 26.4 Å². The summed E-state index contributed by atoms with van der Waals surface area (Å²) in [6.07, 6.45) is 1.86. The molecule has 0 radical (unpaired) electrons. The van der Waals surface area contributed by atoms with E-state index in [1.807, 2.05) is 20.8 Å². The lowest BCUT2D eigenvalue weighted by Crippen LogP contribution is -2.46. The van der Waals surface area contributed by atoms with Crippen molar-refractivity contribution in [2.45, 2.75) is 52.6 Å². The Hall–Kier alpha value is -1.95. The van der Waals surface area contributed by atoms with E-state index in [-0.39, 0.29) is 11.9 Å². The number of rotatable bonds is 8. The zero-order chi connectivity index (χ0) is 18.2. The van der Waals surface area contributed by atoms with E-state index in [4.69, 9.17) is 14.2 Å². The lowest BCUT2D eigenvalue weighted by molar-refractivity contribution is 0.0924. The van der Waals surface area contributed by atoms with Crippen LogP contribution in [-0.4, -0.2) is 44.4 Å². The Morgan fingerprint density at radius 1 is 1.12 bits per heavy atom. The summed E-state index contributed by atoms with van der Waals surface area (Å²) in [7, 11) is 0. The molecule has 1 aliphatic heterocycles. The summed E-state index contributed by atoms with van der Waals surface area (Å²) < 4.78 is 17.0. The normalized spacial score (nSPS) is 20.0. The molecule has 2 atom stereocenters. The first kappa shape index (κ1) is 19.4. The van der Waals surface area contributed by atoms with Crippen molar-refractivity contribution in [3.8, 4) is 17.2 Å². The number of carbonyl (C=O) groups excluding carboxylic acids is 1. The van der Waals surface area contributed by atoms with Gasteiger partial charge in [-0.25, -0.2) is 0 Å². The second-order valence-electron chi connectivity index (χ2n) is 6.15. The Kier molecular flexibility index (Phi) is 7.37. The Balaban J connectivity index is 2.24. The van der Waals surface area contributed by atoms with E-state index in [2.05, 4.69) is 17.6 Å². The highest BCUT2D eigenvalue weighted by atomic mass is 16.5. The maximum atomic E-state index is 12.7. The summed E-state index contributed by atoms with van der Waals surface area (Å²) in [5.41, 5.74) is 0.529. The van der Waals surface area contributed by atoms with Gasteiger partial charge in [-0.1, -0.05) is 0 Å². The third-order valence-corrected chi connectivity index (χ3v) is 4.13. The van der Waals surface area contributed by atoms with Crippen molar-refractivity contribution < 1.29 is 19.0 Å². The van der Waals surface area contributed by atoms with E-state index in [9.17, 15) is 4.79 Å². The van der Waals surface area contributed by atoms with Crippen molar-refractivity contribution in [1.82, 2.24) is 10.6 Å². The minimum absolute atomic E-state index is 0.107. The van der Waals surface area contributed by atoms with Crippen molar-refractivity contribution in [2.24, 2.45) is 0 Å². The van der Waals surface area contributed by atoms with Gasteiger partial charge in [-0.05, 0) is 59.2 Å². The Morgan fingerprint density at radius 2 is 1.72 bits per heavy atom. The predicted octanol–water partition coefficient (Wildman–Crippen LogP) is 2.75. The quantitative estimate of drug-likeness (QED) is 0.754. The molecule has 2 N–H and O–H groups in total. The standard InChI is InChI=1S/C19H30N2O4/c1-5-23-16-11-14(12-17(24-6-2)18(16)25-7-3)19(22)21-15-8-9-20-13(4)10-15/h11-13,15,20H,5-10H2,1-4H3,(H,21,22). The van der Waals surface area contributed by atoms with Crippen LogP contribution in [0.1, 0.15) is 50.9 Å². The van der Waals surface area contributed by atoms with Gasteiger partial charge in [0.05, 0.1) is 19.8 Å². The van der Waals surface area contributed by atoms with Gasteiger partial charge < -0.3 is 24.8 Å². The number of nitrogens with one attached hydrogen (secondary N) is 2. The molecular weight excluding hydrogens is 320 g/mol. The van der Waals surface area contributed by atoms with Gasteiger partial charge in [0.25, 0.3) is 5.91 Å². The van der Waals surface area contributed by atoms with Crippen LogP contribution in [0.15, 0.2) is 12.1 Å². The van der Waals surface area contributed by atoms with Crippen LogP contribution in [0, 0.1) is 0 Å². The second kappa shape index (κ2) is 9.51. The topological polar surface area (TPSA) is 68.8 Å². The Morgan fingerprint density at radius 3 is 2.24 bits per heavy atom. The van der Waals surface area contributed by atoms with Crippen molar-refractivity contribution in [1.29, 1.82) is 0 Å². The molecule has 0 aromatic heterocycles. The lowest BCUT2D eigenvalue weighted by Gasteiger charge is -2.28. The first-order chi connectivity index (χ1) is 12.1. The highest BCUT2D eigenvalue weighted by Crippen LogP contribution is 2.39. The van der Waals surface area contributed by atoms with E-state index in [0.717, 1.165) is 19.4 Å². The van der Waals surface area contributed by atoms with Crippen LogP contribution >= 0.6 is 0 Å². The minimum atomic E-state index is -0.107. The SMILES string of the molecule is CCOc1cc(C(=O)NC2CCNC(C)C2)cc(OCC)c1OCC. The molecule has 2 rings (SSSR count). The van der Waals surface area contributed by atoms with Crippen molar-refractivity contribution in [3.05, 3.63) is 17.7 Å². The molecular formula is C19H30N2O4. The zero-order valence-corrected chi connectivity index (χ0v) is 15.7. The molecule has 1 aromatic rings. The van der Waals surface area contributed by atoms with Crippen molar-refractivity contribution in [3.63, 3.8) is 0 Å². The third kappa shape index (κ3) is 5.26. The molecule has 1 aromatic carbocycles. The summed E-state index contributed by atoms with van der Waals surface area (Å²) in [6, 6.07) is 4.06. The van der Waals surface area contributed by atoms with Crippen molar-refractivity contribution >= 4 is 5.91 Å². The molecule has 1 saturated heterocycles. The number of amides is 1. The maximum Gasteiger partial charge on any atom is 0.251 e. The number of ether oxygens (including phenoxy) is 3. The summed E-state index contributed by atoms with van der Waals surface area (Å²) in [5, 5.41) is 6.52. The van der Waals surface area contributed by atoms with Crippen LogP contribution in [0.25, 0.3) is 0 Å². The van der Waals surface area contributed by atoms with Gasteiger partial charge in [-0.2, -0.15) is 0 Å². The number of hydrogen-bond donors (Lipinski definition) is 2. The summed E-state index contributed by atoms with van der Waals surface area (Å²) in [5.74, 6) is 1.53. The maximum absolute atomic E-state index is 12.7. The van der Waals surface area contributed by atoms with Gasteiger partial charge >= 0.3 is 0 Å². The summed E-state index contributed by atoms with van der Waals surface area (Å²) in [4.78, 5) is 12.7. The predicted molar refractivity (Wildman–Crippen MR) is 97.9 cm³/mol. The molecule has 6 nitrogen and oxygen atoms in total. The fourth-order valence-electron chi connectivity index (χ4n) is 3.05. The van der Waals surface area contributed by atoms with Crippen LogP contribution in [0.2, 0.25) is 0 Å². The monoisotopic (exact) mass is 350 g/mol. The average molecular weight is 350 g/mol. The van der Waals surface area contributed by atoms with Gasteiger partial charge in [0.15, 0.2) is 11.5 Å². The van der Waals surface area contributed by atoms with Gasteiger partial charge in [0.2, 0.25) is 5.75 Å². The summed E-state index contributed by atoms with van der Waals surface area (Å²) in [6.45, 7) is 10.2. The molecule has 0 bridgehead atoms. The highest BCUT2D eigenvalue weighted by molar-refractivity contribution is 5.95. The second-order valence-corrected chi connectivity index (χ2v) is 6.15. The van der Waals surface area contributed by atoms with E-state index >= 15 is 0 Å². The number of hydrogen-bond acceptors (Lipinski definition) is 5. The van der Waals surface area contributed by atoms with E-state index in [0.29, 0.717) is 48.7 Å². The van der Waals surface area contributed by atoms with E-state index in [1.54, 1.807) is 12.1 Å². The number of benzene rings is 1. The summed E-state index contributed by atoms with van der Waals surface area (Å²) >= 11 is 0. The molecule has 25 heavy (non-hydrogen) atoms. The molecule has 0 saturated carbocycles. The van der Waals surface area contributed by atoms with Gasteiger partial charge in [-0.3, -0.25) is 4.79 Å². The third-order valence-electron chi connectivity index (χ3n) is 4.13. The molecule has 0 aliphatic carbocycles. The minimum Gasteiger partial charge on any atom is -0.490 e. The van der Waals surface area contributed by atoms with Gasteiger partial charge in [0, 0.05) is 17.6 Å². The number of carbonyl (C=O) groups is 1. The molecule has 1 amide bonds.